The Hall–Kier alpha value is -2.31. The molecule has 1 fully saturated rings. The molecule has 30 heavy (non-hydrogen) atoms. The third kappa shape index (κ3) is 5.43. The van der Waals surface area contributed by atoms with Gasteiger partial charge in [0.05, 0.1) is 24.8 Å². The number of benzene rings is 1. The number of likely N-dealkylation sites (tertiary alicyclic amines) is 1. The first-order valence-corrected chi connectivity index (χ1v) is 10.8. The SMILES string of the molecule is CCOC(=O)C1CCN(C(=O)/C=C/c2c(C)nn(Cc3ccc(Cl)cc3)c2Cl)CC1. The highest BCUT2D eigenvalue weighted by molar-refractivity contribution is 6.31. The fraction of sp³-hybridized carbons (Fsp3) is 0.409. The lowest BCUT2D eigenvalue weighted by Crippen LogP contribution is -2.39. The van der Waals surface area contributed by atoms with Crippen LogP contribution in [0.1, 0.15) is 36.6 Å². The maximum absolute atomic E-state index is 12.6. The zero-order valence-corrected chi connectivity index (χ0v) is 18.6. The van der Waals surface area contributed by atoms with E-state index in [9.17, 15) is 9.59 Å². The molecule has 1 aromatic carbocycles. The summed E-state index contributed by atoms with van der Waals surface area (Å²) in [5.41, 5.74) is 2.50. The van der Waals surface area contributed by atoms with E-state index < -0.39 is 0 Å². The summed E-state index contributed by atoms with van der Waals surface area (Å²) in [5, 5.41) is 5.64. The van der Waals surface area contributed by atoms with Crippen molar-refractivity contribution in [1.82, 2.24) is 14.7 Å². The van der Waals surface area contributed by atoms with Gasteiger partial charge in [-0.3, -0.25) is 9.59 Å². The molecule has 0 spiro atoms. The van der Waals surface area contributed by atoms with Crippen molar-refractivity contribution in [3.05, 3.63) is 57.3 Å². The summed E-state index contributed by atoms with van der Waals surface area (Å²) in [6, 6.07) is 7.50. The second-order valence-electron chi connectivity index (χ2n) is 7.26. The van der Waals surface area contributed by atoms with Crippen molar-refractivity contribution in [2.75, 3.05) is 19.7 Å². The Morgan fingerprint density at radius 1 is 1.20 bits per heavy atom. The number of halogens is 2. The average Bonchev–Trinajstić information content (AvgIpc) is 3.00. The fourth-order valence-corrected chi connectivity index (χ4v) is 3.90. The number of esters is 1. The van der Waals surface area contributed by atoms with Gasteiger partial charge in [0.15, 0.2) is 0 Å². The molecule has 0 saturated carbocycles. The normalized spacial score (nSPS) is 15.0. The molecule has 1 saturated heterocycles. The molecule has 160 valence electrons. The van der Waals surface area contributed by atoms with Crippen molar-refractivity contribution in [3.8, 4) is 0 Å². The third-order valence-electron chi connectivity index (χ3n) is 5.17. The molecule has 1 aliphatic heterocycles. The van der Waals surface area contributed by atoms with E-state index in [1.165, 1.54) is 6.08 Å². The smallest absolute Gasteiger partial charge is 0.309 e. The standard InChI is InChI=1S/C22H25Cl2N3O3/c1-3-30-22(29)17-10-12-26(13-11-17)20(28)9-8-19-15(2)25-27(21(19)24)14-16-4-6-18(23)7-5-16/h4-9,17H,3,10-14H2,1-2H3/b9-8+. The molecule has 0 radical (unpaired) electrons. The highest BCUT2D eigenvalue weighted by Gasteiger charge is 2.27. The first kappa shape index (κ1) is 22.4. The van der Waals surface area contributed by atoms with Gasteiger partial charge in [0.25, 0.3) is 0 Å². The van der Waals surface area contributed by atoms with Crippen LogP contribution >= 0.6 is 23.2 Å². The number of carbonyl (C=O) groups excluding carboxylic acids is 2. The molecule has 1 amide bonds. The predicted molar refractivity (Wildman–Crippen MR) is 117 cm³/mol. The molecular weight excluding hydrogens is 425 g/mol. The van der Waals surface area contributed by atoms with Crippen LogP contribution in [0.5, 0.6) is 0 Å². The number of rotatable bonds is 6. The molecule has 1 aliphatic rings. The van der Waals surface area contributed by atoms with Gasteiger partial charge in [-0.1, -0.05) is 35.3 Å². The van der Waals surface area contributed by atoms with E-state index in [1.54, 1.807) is 22.6 Å². The summed E-state index contributed by atoms with van der Waals surface area (Å²) >= 11 is 12.4. The van der Waals surface area contributed by atoms with Crippen LogP contribution in [0.25, 0.3) is 6.08 Å². The molecule has 0 N–H and O–H groups in total. The van der Waals surface area contributed by atoms with Crippen LogP contribution in [0.4, 0.5) is 0 Å². The van der Waals surface area contributed by atoms with Gasteiger partial charge >= 0.3 is 5.97 Å². The minimum Gasteiger partial charge on any atom is -0.466 e. The average molecular weight is 450 g/mol. The number of ether oxygens (including phenoxy) is 1. The summed E-state index contributed by atoms with van der Waals surface area (Å²) in [5.74, 6) is -0.394. The lowest BCUT2D eigenvalue weighted by Gasteiger charge is -2.30. The summed E-state index contributed by atoms with van der Waals surface area (Å²) in [7, 11) is 0. The summed E-state index contributed by atoms with van der Waals surface area (Å²) < 4.78 is 6.78. The largest absolute Gasteiger partial charge is 0.466 e. The Morgan fingerprint density at radius 3 is 2.50 bits per heavy atom. The van der Waals surface area contributed by atoms with Gasteiger partial charge < -0.3 is 9.64 Å². The topological polar surface area (TPSA) is 64.4 Å². The lowest BCUT2D eigenvalue weighted by molar-refractivity contribution is -0.150. The number of hydrogen-bond acceptors (Lipinski definition) is 4. The molecule has 8 heteroatoms. The molecule has 3 rings (SSSR count). The monoisotopic (exact) mass is 449 g/mol. The molecule has 2 heterocycles. The molecule has 0 unspecified atom stereocenters. The van der Waals surface area contributed by atoms with Crippen LogP contribution < -0.4 is 0 Å². The van der Waals surface area contributed by atoms with Crippen molar-refractivity contribution in [1.29, 1.82) is 0 Å². The maximum atomic E-state index is 12.6. The van der Waals surface area contributed by atoms with Crippen molar-refractivity contribution in [2.24, 2.45) is 5.92 Å². The van der Waals surface area contributed by atoms with E-state index in [1.807, 2.05) is 31.2 Å². The Bertz CT molecular complexity index is 930. The highest BCUT2D eigenvalue weighted by Crippen LogP contribution is 2.24. The van der Waals surface area contributed by atoms with Crippen molar-refractivity contribution < 1.29 is 14.3 Å². The summed E-state index contributed by atoms with van der Waals surface area (Å²) in [6.07, 6.45) is 4.48. The molecule has 1 aromatic heterocycles. The second kappa shape index (κ2) is 10.1. The number of aryl methyl sites for hydroxylation is 1. The second-order valence-corrected chi connectivity index (χ2v) is 8.05. The Labute approximate surface area is 186 Å². The summed E-state index contributed by atoms with van der Waals surface area (Å²) in [4.78, 5) is 26.1. The van der Waals surface area contributed by atoms with Crippen molar-refractivity contribution in [2.45, 2.75) is 33.2 Å². The van der Waals surface area contributed by atoms with Crippen LogP contribution in [0.2, 0.25) is 10.2 Å². The van der Waals surface area contributed by atoms with Crippen molar-refractivity contribution in [3.63, 3.8) is 0 Å². The van der Waals surface area contributed by atoms with Gasteiger partial charge in [0, 0.05) is 29.8 Å². The van der Waals surface area contributed by atoms with Crippen LogP contribution in [0.3, 0.4) is 0 Å². The third-order valence-corrected chi connectivity index (χ3v) is 5.82. The van der Waals surface area contributed by atoms with Gasteiger partial charge in [-0.15, -0.1) is 0 Å². The maximum Gasteiger partial charge on any atom is 0.309 e. The van der Waals surface area contributed by atoms with Crippen LogP contribution in [-0.2, 0) is 20.9 Å². The Balaban J connectivity index is 1.62. The van der Waals surface area contributed by atoms with Gasteiger partial charge in [0.2, 0.25) is 5.91 Å². The molecule has 2 aromatic rings. The van der Waals surface area contributed by atoms with Crippen LogP contribution in [0.15, 0.2) is 30.3 Å². The van der Waals surface area contributed by atoms with Crippen LogP contribution in [0, 0.1) is 12.8 Å². The van der Waals surface area contributed by atoms with E-state index in [4.69, 9.17) is 27.9 Å². The fourth-order valence-electron chi connectivity index (χ4n) is 3.48. The number of amides is 1. The Morgan fingerprint density at radius 2 is 1.87 bits per heavy atom. The number of hydrogen-bond donors (Lipinski definition) is 0. The molecule has 0 bridgehead atoms. The first-order chi connectivity index (χ1) is 14.4. The zero-order valence-electron chi connectivity index (χ0n) is 17.1. The Kier molecular flexibility index (Phi) is 7.56. The van der Waals surface area contributed by atoms with E-state index in [0.29, 0.717) is 49.3 Å². The van der Waals surface area contributed by atoms with Gasteiger partial charge in [-0.25, -0.2) is 4.68 Å². The van der Waals surface area contributed by atoms with E-state index in [0.717, 1.165) is 16.8 Å². The lowest BCUT2D eigenvalue weighted by atomic mass is 9.97. The van der Waals surface area contributed by atoms with Gasteiger partial charge in [0.1, 0.15) is 5.15 Å². The van der Waals surface area contributed by atoms with Crippen molar-refractivity contribution >= 4 is 41.2 Å². The van der Waals surface area contributed by atoms with E-state index in [-0.39, 0.29) is 17.8 Å². The number of aromatic nitrogens is 2. The molecular formula is C22H25Cl2N3O3. The zero-order chi connectivity index (χ0) is 21.7. The minimum atomic E-state index is -0.171. The van der Waals surface area contributed by atoms with Gasteiger partial charge in [-0.05, 0) is 50.5 Å². The number of carbonyl (C=O) groups is 2. The highest BCUT2D eigenvalue weighted by atomic mass is 35.5. The van der Waals surface area contributed by atoms with E-state index >= 15 is 0 Å². The predicted octanol–water partition coefficient (Wildman–Crippen LogP) is 4.36. The van der Waals surface area contributed by atoms with E-state index in [2.05, 4.69) is 5.10 Å². The number of piperidine rings is 1. The van der Waals surface area contributed by atoms with Gasteiger partial charge in [-0.2, -0.15) is 5.10 Å². The number of nitrogens with zero attached hydrogens (tertiary/aromatic N) is 3. The molecule has 0 aliphatic carbocycles. The molecule has 0 atom stereocenters. The van der Waals surface area contributed by atoms with Crippen LogP contribution in [-0.4, -0.2) is 46.3 Å². The minimum absolute atomic E-state index is 0.0989. The molecule has 6 nitrogen and oxygen atoms in total. The summed E-state index contributed by atoms with van der Waals surface area (Å²) in [6.45, 7) is 5.63. The quantitative estimate of drug-likeness (QED) is 0.485. The first-order valence-electron chi connectivity index (χ1n) is 10.00.